The average Bonchev–Trinajstić information content (AvgIpc) is 2.08. The lowest BCUT2D eigenvalue weighted by molar-refractivity contribution is -0.138. The van der Waals surface area contributed by atoms with Gasteiger partial charge in [0.25, 0.3) is 0 Å². The molecule has 14 heavy (non-hydrogen) atoms. The zero-order valence-corrected chi connectivity index (χ0v) is 9.20. The molecular weight excluding hydrogens is 178 g/mol. The fourth-order valence-electron chi connectivity index (χ4n) is 2.31. The molecule has 1 heterocycles. The SMILES string of the molecule is CCC(CCCO)C1CCN1C(C)=O. The maximum atomic E-state index is 11.2. The zero-order valence-electron chi connectivity index (χ0n) is 9.20. The molecule has 0 spiro atoms. The standard InChI is InChI=1S/C11H21NO2/c1-3-10(5-4-8-13)11-6-7-12(11)9(2)14/h10-11,13H,3-8H2,1-2H3. The van der Waals surface area contributed by atoms with E-state index in [0.29, 0.717) is 12.0 Å². The number of carbonyl (C=O) groups excluding carboxylic acids is 1. The molecule has 2 unspecified atom stereocenters. The third-order valence-electron chi connectivity index (χ3n) is 3.27. The molecule has 0 radical (unpaired) electrons. The first-order valence-corrected chi connectivity index (χ1v) is 5.58. The molecule has 0 aromatic rings. The lowest BCUT2D eigenvalue weighted by atomic mass is 9.84. The maximum absolute atomic E-state index is 11.2. The van der Waals surface area contributed by atoms with Gasteiger partial charge in [-0.3, -0.25) is 4.79 Å². The van der Waals surface area contributed by atoms with Crippen molar-refractivity contribution in [2.75, 3.05) is 13.2 Å². The van der Waals surface area contributed by atoms with E-state index in [1.165, 1.54) is 0 Å². The second-order valence-electron chi connectivity index (χ2n) is 4.10. The fourth-order valence-corrected chi connectivity index (χ4v) is 2.31. The van der Waals surface area contributed by atoms with E-state index in [0.717, 1.165) is 32.2 Å². The van der Waals surface area contributed by atoms with Crippen molar-refractivity contribution in [1.29, 1.82) is 0 Å². The van der Waals surface area contributed by atoms with Crippen LogP contribution in [0, 0.1) is 5.92 Å². The lowest BCUT2D eigenvalue weighted by Gasteiger charge is -2.45. The van der Waals surface area contributed by atoms with E-state index in [2.05, 4.69) is 6.92 Å². The summed E-state index contributed by atoms with van der Waals surface area (Å²) < 4.78 is 0. The number of amides is 1. The summed E-state index contributed by atoms with van der Waals surface area (Å²) in [7, 11) is 0. The largest absolute Gasteiger partial charge is 0.396 e. The predicted molar refractivity (Wildman–Crippen MR) is 55.9 cm³/mol. The van der Waals surface area contributed by atoms with Gasteiger partial charge in [-0.25, -0.2) is 0 Å². The summed E-state index contributed by atoms with van der Waals surface area (Å²) in [6.45, 7) is 5.00. The molecule has 0 aromatic heterocycles. The van der Waals surface area contributed by atoms with Gasteiger partial charge in [-0.2, -0.15) is 0 Å². The number of aliphatic hydroxyl groups is 1. The molecule has 0 bridgehead atoms. The van der Waals surface area contributed by atoms with Crippen molar-refractivity contribution in [3.63, 3.8) is 0 Å². The van der Waals surface area contributed by atoms with Gasteiger partial charge < -0.3 is 10.0 Å². The van der Waals surface area contributed by atoms with E-state index in [1.807, 2.05) is 4.90 Å². The Hall–Kier alpha value is -0.570. The smallest absolute Gasteiger partial charge is 0.219 e. The van der Waals surface area contributed by atoms with Crippen LogP contribution < -0.4 is 0 Å². The van der Waals surface area contributed by atoms with E-state index >= 15 is 0 Å². The van der Waals surface area contributed by atoms with E-state index in [-0.39, 0.29) is 12.5 Å². The highest BCUT2D eigenvalue weighted by molar-refractivity contribution is 5.74. The Morgan fingerprint density at radius 3 is 2.71 bits per heavy atom. The molecule has 1 aliphatic rings. The van der Waals surface area contributed by atoms with Crippen molar-refractivity contribution in [1.82, 2.24) is 4.90 Å². The van der Waals surface area contributed by atoms with Gasteiger partial charge >= 0.3 is 0 Å². The van der Waals surface area contributed by atoms with Crippen LogP contribution in [0.25, 0.3) is 0 Å². The summed E-state index contributed by atoms with van der Waals surface area (Å²) in [6.07, 6.45) is 4.15. The van der Waals surface area contributed by atoms with Crippen molar-refractivity contribution in [3.05, 3.63) is 0 Å². The van der Waals surface area contributed by atoms with E-state index in [1.54, 1.807) is 6.92 Å². The minimum absolute atomic E-state index is 0.198. The molecule has 0 aromatic carbocycles. The molecule has 1 saturated heterocycles. The topological polar surface area (TPSA) is 40.5 Å². The first kappa shape index (κ1) is 11.5. The van der Waals surface area contributed by atoms with E-state index in [9.17, 15) is 4.79 Å². The van der Waals surface area contributed by atoms with Gasteiger partial charge in [-0.1, -0.05) is 13.3 Å². The predicted octanol–water partition coefficient (Wildman–Crippen LogP) is 1.41. The second kappa shape index (κ2) is 5.35. The van der Waals surface area contributed by atoms with Gasteiger partial charge in [0.1, 0.15) is 0 Å². The first-order valence-electron chi connectivity index (χ1n) is 5.58. The third kappa shape index (κ3) is 2.47. The Balaban J connectivity index is 2.40. The molecule has 82 valence electrons. The quantitative estimate of drug-likeness (QED) is 0.727. The van der Waals surface area contributed by atoms with Crippen LogP contribution in [-0.4, -0.2) is 35.1 Å². The van der Waals surface area contributed by atoms with Crippen molar-refractivity contribution < 1.29 is 9.90 Å². The number of hydrogen-bond donors (Lipinski definition) is 1. The molecule has 1 amide bonds. The van der Waals surface area contributed by atoms with Crippen LogP contribution in [0.3, 0.4) is 0 Å². The molecule has 1 fully saturated rings. The summed E-state index contributed by atoms with van der Waals surface area (Å²) in [5.74, 6) is 0.781. The van der Waals surface area contributed by atoms with Crippen LogP contribution >= 0.6 is 0 Å². The highest BCUT2D eigenvalue weighted by atomic mass is 16.2. The van der Waals surface area contributed by atoms with Crippen LogP contribution in [0.5, 0.6) is 0 Å². The minimum atomic E-state index is 0.198. The van der Waals surface area contributed by atoms with Crippen molar-refractivity contribution in [2.24, 2.45) is 5.92 Å². The fraction of sp³-hybridized carbons (Fsp3) is 0.909. The number of nitrogens with zero attached hydrogens (tertiary/aromatic N) is 1. The zero-order chi connectivity index (χ0) is 10.6. The van der Waals surface area contributed by atoms with Gasteiger partial charge in [0, 0.05) is 26.1 Å². The highest BCUT2D eigenvalue weighted by Gasteiger charge is 2.34. The number of aliphatic hydroxyl groups excluding tert-OH is 1. The minimum Gasteiger partial charge on any atom is -0.396 e. The number of carbonyl (C=O) groups is 1. The van der Waals surface area contributed by atoms with Gasteiger partial charge in [0.05, 0.1) is 0 Å². The molecule has 3 heteroatoms. The number of hydrogen-bond acceptors (Lipinski definition) is 2. The Morgan fingerprint density at radius 1 is 1.64 bits per heavy atom. The lowest BCUT2D eigenvalue weighted by Crippen LogP contribution is -2.53. The molecule has 1 N–H and O–H groups in total. The van der Waals surface area contributed by atoms with E-state index in [4.69, 9.17) is 5.11 Å². The molecule has 1 aliphatic heterocycles. The van der Waals surface area contributed by atoms with Gasteiger partial charge in [-0.05, 0) is 25.2 Å². The Kier molecular flexibility index (Phi) is 4.39. The Labute approximate surface area is 86.1 Å². The normalized spacial score (nSPS) is 23.1. The maximum Gasteiger partial charge on any atom is 0.219 e. The van der Waals surface area contributed by atoms with Crippen LogP contribution in [0.2, 0.25) is 0 Å². The summed E-state index contributed by atoms with van der Waals surface area (Å²) >= 11 is 0. The van der Waals surface area contributed by atoms with Gasteiger partial charge in [0.15, 0.2) is 0 Å². The molecule has 0 aliphatic carbocycles. The molecule has 3 nitrogen and oxygen atoms in total. The summed E-state index contributed by atoms with van der Waals surface area (Å²) in [5.41, 5.74) is 0. The van der Waals surface area contributed by atoms with Crippen molar-refractivity contribution >= 4 is 5.91 Å². The molecule has 1 rings (SSSR count). The molecule has 0 saturated carbocycles. The van der Waals surface area contributed by atoms with Crippen LogP contribution in [0.15, 0.2) is 0 Å². The number of rotatable bonds is 5. The summed E-state index contributed by atoms with van der Waals surface area (Å²) in [5, 5.41) is 8.78. The van der Waals surface area contributed by atoms with Gasteiger partial charge in [-0.15, -0.1) is 0 Å². The number of likely N-dealkylation sites (tertiary alicyclic amines) is 1. The van der Waals surface area contributed by atoms with Crippen LogP contribution in [0.4, 0.5) is 0 Å². The molecular formula is C11H21NO2. The van der Waals surface area contributed by atoms with Crippen LogP contribution in [-0.2, 0) is 4.79 Å². The Bertz CT molecular complexity index is 194. The average molecular weight is 199 g/mol. The van der Waals surface area contributed by atoms with Crippen molar-refractivity contribution in [3.8, 4) is 0 Å². The van der Waals surface area contributed by atoms with Crippen LogP contribution in [0.1, 0.15) is 39.5 Å². The summed E-state index contributed by atoms with van der Waals surface area (Å²) in [4.78, 5) is 13.2. The van der Waals surface area contributed by atoms with Crippen molar-refractivity contribution in [2.45, 2.75) is 45.6 Å². The monoisotopic (exact) mass is 199 g/mol. The first-order chi connectivity index (χ1) is 6.70. The second-order valence-corrected chi connectivity index (χ2v) is 4.10. The Morgan fingerprint density at radius 2 is 2.36 bits per heavy atom. The van der Waals surface area contributed by atoms with Gasteiger partial charge in [0.2, 0.25) is 5.91 Å². The molecule has 2 atom stereocenters. The summed E-state index contributed by atoms with van der Waals surface area (Å²) in [6, 6.07) is 0.448. The highest BCUT2D eigenvalue weighted by Crippen LogP contribution is 2.29. The van der Waals surface area contributed by atoms with E-state index < -0.39 is 0 Å². The third-order valence-corrected chi connectivity index (χ3v) is 3.27.